The van der Waals surface area contributed by atoms with Crippen LogP contribution in [0.2, 0.25) is 0 Å². The summed E-state index contributed by atoms with van der Waals surface area (Å²) in [4.78, 5) is 7.86. The van der Waals surface area contributed by atoms with E-state index in [0.29, 0.717) is 0 Å². The third-order valence-electron chi connectivity index (χ3n) is 2.81. The van der Waals surface area contributed by atoms with Crippen molar-refractivity contribution in [2.45, 2.75) is 0 Å². The van der Waals surface area contributed by atoms with Crippen LogP contribution < -0.4 is 4.74 Å². The fourth-order valence-electron chi connectivity index (χ4n) is 1.86. The first kappa shape index (κ1) is 11.3. The van der Waals surface area contributed by atoms with E-state index in [1.165, 1.54) is 0 Å². The Labute approximate surface area is 113 Å². The predicted molar refractivity (Wildman–Crippen MR) is 75.8 cm³/mol. The molecule has 0 unspecified atom stereocenters. The van der Waals surface area contributed by atoms with Crippen molar-refractivity contribution < 1.29 is 4.74 Å². The second-order valence-corrected chi connectivity index (χ2v) is 4.89. The van der Waals surface area contributed by atoms with Crippen molar-refractivity contribution in [2.75, 3.05) is 7.11 Å². The molecule has 0 aliphatic rings. The molecule has 2 aromatic carbocycles. The molecular formula is C14H11BrN2O. The molecule has 3 nitrogen and oxygen atoms in total. The van der Waals surface area contributed by atoms with Gasteiger partial charge in [-0.3, -0.25) is 0 Å². The van der Waals surface area contributed by atoms with E-state index in [9.17, 15) is 0 Å². The highest BCUT2D eigenvalue weighted by Gasteiger charge is 2.05. The van der Waals surface area contributed by atoms with Gasteiger partial charge in [0.1, 0.15) is 11.6 Å². The number of methoxy groups -OCH3 is 1. The van der Waals surface area contributed by atoms with Crippen LogP contribution in [-0.2, 0) is 0 Å². The Bertz CT molecular complexity index is 689. The van der Waals surface area contributed by atoms with E-state index in [0.717, 1.165) is 32.6 Å². The molecule has 0 radical (unpaired) electrons. The van der Waals surface area contributed by atoms with Crippen LogP contribution in [0.3, 0.4) is 0 Å². The minimum Gasteiger partial charge on any atom is -0.497 e. The molecule has 1 N–H and O–H groups in total. The number of H-pyrrole nitrogens is 1. The lowest BCUT2D eigenvalue weighted by atomic mass is 10.2. The maximum absolute atomic E-state index is 5.20. The van der Waals surface area contributed by atoms with Crippen LogP contribution in [0.25, 0.3) is 22.4 Å². The smallest absolute Gasteiger partial charge is 0.138 e. The van der Waals surface area contributed by atoms with Crippen molar-refractivity contribution in [3.8, 4) is 17.1 Å². The summed E-state index contributed by atoms with van der Waals surface area (Å²) in [6.45, 7) is 0. The van der Waals surface area contributed by atoms with Gasteiger partial charge in [0, 0.05) is 16.1 Å². The fraction of sp³-hybridized carbons (Fsp3) is 0.0714. The molecule has 4 heteroatoms. The number of aromatic amines is 1. The van der Waals surface area contributed by atoms with Gasteiger partial charge in [0.2, 0.25) is 0 Å². The lowest BCUT2D eigenvalue weighted by Gasteiger charge is -1.97. The van der Waals surface area contributed by atoms with E-state index in [1.807, 2.05) is 42.5 Å². The molecule has 1 heterocycles. The van der Waals surface area contributed by atoms with Crippen molar-refractivity contribution in [2.24, 2.45) is 0 Å². The van der Waals surface area contributed by atoms with Crippen LogP contribution in [0.1, 0.15) is 0 Å². The summed E-state index contributed by atoms with van der Waals surface area (Å²) in [7, 11) is 1.66. The third-order valence-corrected chi connectivity index (χ3v) is 3.34. The van der Waals surface area contributed by atoms with E-state index in [1.54, 1.807) is 7.11 Å². The Hall–Kier alpha value is -1.81. The zero-order chi connectivity index (χ0) is 12.5. The molecule has 0 saturated carbocycles. The van der Waals surface area contributed by atoms with Crippen molar-refractivity contribution in [3.05, 3.63) is 46.9 Å². The monoisotopic (exact) mass is 302 g/mol. The first-order valence-corrected chi connectivity index (χ1v) is 6.35. The average molecular weight is 303 g/mol. The van der Waals surface area contributed by atoms with E-state index < -0.39 is 0 Å². The number of fused-ring (bicyclic) bond motifs is 1. The number of benzene rings is 2. The summed E-state index contributed by atoms with van der Waals surface area (Å²) in [6.07, 6.45) is 0. The third kappa shape index (κ3) is 1.99. The van der Waals surface area contributed by atoms with Gasteiger partial charge < -0.3 is 9.72 Å². The molecule has 0 aliphatic carbocycles. The summed E-state index contributed by atoms with van der Waals surface area (Å²) in [5.74, 6) is 1.69. The Kier molecular flexibility index (Phi) is 2.80. The Morgan fingerprint density at radius 3 is 2.61 bits per heavy atom. The summed E-state index contributed by atoms with van der Waals surface area (Å²) in [6, 6.07) is 13.9. The largest absolute Gasteiger partial charge is 0.497 e. The summed E-state index contributed by atoms with van der Waals surface area (Å²) in [5.41, 5.74) is 2.98. The van der Waals surface area contributed by atoms with Crippen molar-refractivity contribution in [1.82, 2.24) is 9.97 Å². The number of ether oxygens (including phenoxy) is 1. The van der Waals surface area contributed by atoms with Gasteiger partial charge in [-0.1, -0.05) is 28.1 Å². The van der Waals surface area contributed by atoms with E-state index in [2.05, 4.69) is 25.9 Å². The maximum Gasteiger partial charge on any atom is 0.138 e. The van der Waals surface area contributed by atoms with E-state index in [4.69, 9.17) is 4.74 Å². The Morgan fingerprint density at radius 2 is 1.89 bits per heavy atom. The zero-order valence-corrected chi connectivity index (χ0v) is 11.4. The summed E-state index contributed by atoms with van der Waals surface area (Å²) < 4.78 is 6.26. The quantitative estimate of drug-likeness (QED) is 0.777. The predicted octanol–water partition coefficient (Wildman–Crippen LogP) is 4.00. The van der Waals surface area contributed by atoms with E-state index in [-0.39, 0.29) is 0 Å². The van der Waals surface area contributed by atoms with Gasteiger partial charge in [0.15, 0.2) is 0 Å². The molecule has 3 rings (SSSR count). The van der Waals surface area contributed by atoms with Gasteiger partial charge in [0.05, 0.1) is 18.1 Å². The number of aromatic nitrogens is 2. The Balaban J connectivity index is 2.10. The van der Waals surface area contributed by atoms with Crippen LogP contribution in [-0.4, -0.2) is 17.1 Å². The lowest BCUT2D eigenvalue weighted by molar-refractivity contribution is 0.415. The van der Waals surface area contributed by atoms with Crippen LogP contribution >= 0.6 is 15.9 Å². The maximum atomic E-state index is 5.20. The number of halogens is 1. The van der Waals surface area contributed by atoms with Gasteiger partial charge in [-0.25, -0.2) is 4.98 Å². The van der Waals surface area contributed by atoms with Crippen molar-refractivity contribution >= 4 is 27.0 Å². The highest BCUT2D eigenvalue weighted by atomic mass is 79.9. The molecule has 0 aliphatic heterocycles. The van der Waals surface area contributed by atoms with Crippen LogP contribution in [0.15, 0.2) is 46.9 Å². The molecule has 0 atom stereocenters. The van der Waals surface area contributed by atoms with Crippen LogP contribution in [0.5, 0.6) is 5.75 Å². The molecule has 90 valence electrons. The number of hydrogen-bond acceptors (Lipinski definition) is 2. The number of hydrogen-bond donors (Lipinski definition) is 1. The van der Waals surface area contributed by atoms with Crippen LogP contribution in [0.4, 0.5) is 0 Å². The Morgan fingerprint density at radius 1 is 1.11 bits per heavy atom. The molecule has 0 fully saturated rings. The molecule has 1 aromatic heterocycles. The van der Waals surface area contributed by atoms with Gasteiger partial charge in [0.25, 0.3) is 0 Å². The normalized spacial score (nSPS) is 10.8. The first-order valence-electron chi connectivity index (χ1n) is 5.56. The second kappa shape index (κ2) is 4.46. The number of rotatable bonds is 2. The van der Waals surface area contributed by atoms with Gasteiger partial charge >= 0.3 is 0 Å². The highest BCUT2D eigenvalue weighted by molar-refractivity contribution is 9.10. The number of nitrogens with zero attached hydrogens (tertiary/aromatic N) is 1. The van der Waals surface area contributed by atoms with Crippen LogP contribution in [0, 0.1) is 0 Å². The van der Waals surface area contributed by atoms with Gasteiger partial charge in [-0.05, 0) is 24.3 Å². The lowest BCUT2D eigenvalue weighted by Crippen LogP contribution is -1.81. The summed E-state index contributed by atoms with van der Waals surface area (Å²) >= 11 is 3.42. The first-order chi connectivity index (χ1) is 8.76. The second-order valence-electron chi connectivity index (χ2n) is 3.98. The SMILES string of the molecule is COc1ccc2nc(-c3ccc(Br)cc3)[nH]c2c1. The summed E-state index contributed by atoms with van der Waals surface area (Å²) in [5, 5.41) is 0. The highest BCUT2D eigenvalue weighted by Crippen LogP contribution is 2.24. The number of imidazole rings is 1. The topological polar surface area (TPSA) is 37.9 Å². The number of nitrogens with one attached hydrogen (secondary N) is 1. The minimum atomic E-state index is 0.827. The fourth-order valence-corrected chi connectivity index (χ4v) is 2.12. The molecular weight excluding hydrogens is 292 g/mol. The standard InChI is InChI=1S/C14H11BrN2O/c1-18-11-6-7-12-13(8-11)17-14(16-12)9-2-4-10(15)5-3-9/h2-8H,1H3,(H,16,17). The minimum absolute atomic E-state index is 0.827. The van der Waals surface area contributed by atoms with Gasteiger partial charge in [-0.2, -0.15) is 0 Å². The average Bonchev–Trinajstić information content (AvgIpc) is 2.82. The molecule has 18 heavy (non-hydrogen) atoms. The molecule has 3 aromatic rings. The van der Waals surface area contributed by atoms with Gasteiger partial charge in [-0.15, -0.1) is 0 Å². The zero-order valence-electron chi connectivity index (χ0n) is 9.77. The van der Waals surface area contributed by atoms with Crippen molar-refractivity contribution in [1.29, 1.82) is 0 Å². The molecule has 0 saturated heterocycles. The molecule has 0 bridgehead atoms. The molecule has 0 amide bonds. The van der Waals surface area contributed by atoms with E-state index >= 15 is 0 Å². The molecule has 0 spiro atoms. The van der Waals surface area contributed by atoms with Crippen molar-refractivity contribution in [3.63, 3.8) is 0 Å².